The molecule has 1 N–H and O–H groups in total. The first-order valence-electron chi connectivity index (χ1n) is 9.89. The Bertz CT molecular complexity index is 903. The highest BCUT2D eigenvalue weighted by molar-refractivity contribution is 6.08. The number of fused-ring (bicyclic) bond motifs is 3. The van der Waals surface area contributed by atoms with Gasteiger partial charge >= 0.3 is 0 Å². The number of nitrogens with one attached hydrogen (secondary N) is 1. The number of carbonyl (C=O) groups excluding carboxylic acids is 2. The number of benzene rings is 1. The van der Waals surface area contributed by atoms with Gasteiger partial charge in [-0.2, -0.15) is 0 Å². The molecule has 0 bridgehead atoms. The van der Waals surface area contributed by atoms with E-state index in [-0.39, 0.29) is 12.3 Å². The molecule has 2 aliphatic rings. The molecule has 6 nitrogen and oxygen atoms in total. The number of nitrogens with zero attached hydrogens (tertiary/aromatic N) is 1. The number of aldehydes is 1. The summed E-state index contributed by atoms with van der Waals surface area (Å²) in [5.74, 6) is -0.516. The number of aromatic amines is 1. The van der Waals surface area contributed by atoms with Gasteiger partial charge in [-0.15, -0.1) is 0 Å². The number of amides is 1. The van der Waals surface area contributed by atoms with Gasteiger partial charge in [0.1, 0.15) is 17.7 Å². The molecule has 0 aliphatic carbocycles. The molecule has 1 saturated heterocycles. The third-order valence-corrected chi connectivity index (χ3v) is 5.79. The number of aromatic nitrogens is 1. The molecule has 7 heteroatoms. The third-order valence-electron chi connectivity index (χ3n) is 5.79. The van der Waals surface area contributed by atoms with Crippen molar-refractivity contribution in [3.05, 3.63) is 34.8 Å². The van der Waals surface area contributed by atoms with Gasteiger partial charge < -0.3 is 24.2 Å². The van der Waals surface area contributed by atoms with Crippen molar-refractivity contribution in [1.82, 2.24) is 9.88 Å². The van der Waals surface area contributed by atoms with Crippen LogP contribution in [0.15, 0.2) is 12.1 Å². The number of ether oxygens (including phenoxy) is 2. The lowest BCUT2D eigenvalue weighted by Gasteiger charge is -2.36. The molecule has 1 aromatic carbocycles. The summed E-state index contributed by atoms with van der Waals surface area (Å²) >= 11 is 0. The van der Waals surface area contributed by atoms with E-state index in [1.807, 2.05) is 6.92 Å². The van der Waals surface area contributed by atoms with Gasteiger partial charge in [-0.3, -0.25) is 4.79 Å². The lowest BCUT2D eigenvalue weighted by Crippen LogP contribution is -2.40. The fourth-order valence-corrected chi connectivity index (χ4v) is 4.51. The molecular weight excluding hydrogens is 363 g/mol. The average molecular weight is 388 g/mol. The highest BCUT2D eigenvalue weighted by Crippen LogP contribution is 2.43. The van der Waals surface area contributed by atoms with E-state index >= 15 is 0 Å². The van der Waals surface area contributed by atoms with Crippen LogP contribution in [0.3, 0.4) is 0 Å². The number of carbonyl (C=O) groups is 2. The lowest BCUT2D eigenvalue weighted by molar-refractivity contribution is -0.120. The van der Waals surface area contributed by atoms with Crippen LogP contribution in [0.4, 0.5) is 4.39 Å². The van der Waals surface area contributed by atoms with Gasteiger partial charge in [0.2, 0.25) is 0 Å². The van der Waals surface area contributed by atoms with Crippen LogP contribution in [0.1, 0.15) is 47.8 Å². The zero-order valence-corrected chi connectivity index (χ0v) is 16.1. The Kier molecular flexibility index (Phi) is 5.21. The van der Waals surface area contributed by atoms with Gasteiger partial charge in [-0.1, -0.05) is 13.3 Å². The number of halogens is 1. The number of morpholine rings is 1. The van der Waals surface area contributed by atoms with Crippen molar-refractivity contribution in [2.24, 2.45) is 0 Å². The summed E-state index contributed by atoms with van der Waals surface area (Å²) in [4.78, 5) is 29.5. The van der Waals surface area contributed by atoms with E-state index in [2.05, 4.69) is 4.98 Å². The summed E-state index contributed by atoms with van der Waals surface area (Å²) in [6.07, 6.45) is 3.11. The van der Waals surface area contributed by atoms with Crippen molar-refractivity contribution in [3.63, 3.8) is 0 Å². The zero-order valence-electron chi connectivity index (χ0n) is 16.1. The summed E-state index contributed by atoms with van der Waals surface area (Å²) in [6, 6.07) is 2.90. The van der Waals surface area contributed by atoms with Crippen LogP contribution in [0, 0.1) is 5.82 Å². The number of H-pyrrole nitrogens is 1. The van der Waals surface area contributed by atoms with Crippen molar-refractivity contribution in [3.8, 4) is 0 Å². The number of hydrogen-bond donors (Lipinski definition) is 1. The fourth-order valence-electron chi connectivity index (χ4n) is 4.51. The SMILES string of the molecule is CCCC1(CC=O)OCCc2c1[nH]c1c(F)ccc(C(=O)N3CCOCC3)c21. The van der Waals surface area contributed by atoms with Gasteiger partial charge in [0, 0.05) is 30.5 Å². The minimum Gasteiger partial charge on any atom is -0.378 e. The molecule has 1 atom stereocenters. The summed E-state index contributed by atoms with van der Waals surface area (Å²) in [7, 11) is 0. The molecule has 150 valence electrons. The maximum Gasteiger partial charge on any atom is 0.254 e. The normalized spacial score (nSPS) is 22.3. The fraction of sp³-hybridized carbons (Fsp3) is 0.524. The van der Waals surface area contributed by atoms with Gasteiger partial charge in [-0.05, 0) is 30.5 Å². The molecule has 1 unspecified atom stereocenters. The molecule has 0 spiro atoms. The van der Waals surface area contributed by atoms with Crippen LogP contribution in [-0.2, 0) is 26.3 Å². The third kappa shape index (κ3) is 3.02. The first-order chi connectivity index (χ1) is 13.6. The van der Waals surface area contributed by atoms with Crippen LogP contribution in [0.25, 0.3) is 10.9 Å². The van der Waals surface area contributed by atoms with Crippen LogP contribution < -0.4 is 0 Å². The maximum absolute atomic E-state index is 14.7. The average Bonchev–Trinajstić information content (AvgIpc) is 3.11. The first-order valence-corrected chi connectivity index (χ1v) is 9.89. The van der Waals surface area contributed by atoms with Crippen molar-refractivity contribution >= 4 is 23.1 Å². The first kappa shape index (κ1) is 19.1. The van der Waals surface area contributed by atoms with E-state index in [1.165, 1.54) is 6.07 Å². The number of hydrogen-bond acceptors (Lipinski definition) is 4. The maximum atomic E-state index is 14.7. The van der Waals surface area contributed by atoms with Crippen molar-refractivity contribution in [2.45, 2.75) is 38.2 Å². The minimum atomic E-state index is -0.783. The lowest BCUT2D eigenvalue weighted by atomic mass is 9.84. The Labute approximate surface area is 163 Å². The molecule has 28 heavy (non-hydrogen) atoms. The van der Waals surface area contributed by atoms with Crippen molar-refractivity contribution in [1.29, 1.82) is 0 Å². The predicted octanol–water partition coefficient (Wildman–Crippen LogP) is 2.94. The summed E-state index contributed by atoms with van der Waals surface area (Å²) < 4.78 is 26.1. The van der Waals surface area contributed by atoms with Gasteiger partial charge in [-0.25, -0.2) is 4.39 Å². The van der Waals surface area contributed by atoms with E-state index in [0.717, 1.165) is 24.0 Å². The molecule has 0 saturated carbocycles. The molecule has 1 aromatic heterocycles. The monoisotopic (exact) mass is 388 g/mol. The largest absolute Gasteiger partial charge is 0.378 e. The molecular formula is C21H25FN2O4. The van der Waals surface area contributed by atoms with Crippen molar-refractivity contribution in [2.75, 3.05) is 32.9 Å². The Morgan fingerprint density at radius 3 is 2.82 bits per heavy atom. The number of rotatable bonds is 5. The van der Waals surface area contributed by atoms with Crippen molar-refractivity contribution < 1.29 is 23.5 Å². The highest BCUT2D eigenvalue weighted by atomic mass is 19.1. The van der Waals surface area contributed by atoms with E-state index in [9.17, 15) is 14.0 Å². The topological polar surface area (TPSA) is 71.6 Å². The molecule has 2 aromatic rings. The van der Waals surface area contributed by atoms with E-state index < -0.39 is 11.4 Å². The summed E-state index contributed by atoms with van der Waals surface area (Å²) in [5, 5.41) is 0.626. The second-order valence-electron chi connectivity index (χ2n) is 7.44. The van der Waals surface area contributed by atoms with Crippen LogP contribution in [0.2, 0.25) is 0 Å². The summed E-state index contributed by atoms with van der Waals surface area (Å²) in [6.45, 7) is 4.54. The predicted molar refractivity (Wildman–Crippen MR) is 102 cm³/mol. The van der Waals surface area contributed by atoms with Crippen LogP contribution >= 0.6 is 0 Å². The second kappa shape index (κ2) is 7.64. The Morgan fingerprint density at radius 1 is 1.32 bits per heavy atom. The van der Waals surface area contributed by atoms with Gasteiger partial charge in [0.05, 0.1) is 31.0 Å². The molecule has 0 radical (unpaired) electrons. The molecule has 1 amide bonds. The Morgan fingerprint density at radius 2 is 2.11 bits per heavy atom. The van der Waals surface area contributed by atoms with Crippen LogP contribution in [0.5, 0.6) is 0 Å². The second-order valence-corrected chi connectivity index (χ2v) is 7.44. The van der Waals surface area contributed by atoms with E-state index in [4.69, 9.17) is 9.47 Å². The summed E-state index contributed by atoms with van der Waals surface area (Å²) in [5.41, 5.74) is 1.67. The smallest absolute Gasteiger partial charge is 0.254 e. The molecule has 4 rings (SSSR count). The van der Waals surface area contributed by atoms with Gasteiger partial charge in [0.25, 0.3) is 5.91 Å². The quantitative estimate of drug-likeness (QED) is 0.800. The standard InChI is InChI=1S/C21H25FN2O4/c1-2-6-21(7-10-25)19-14(5-11-28-21)17-15(3-4-16(22)18(17)23-19)20(26)24-8-12-27-13-9-24/h3-4,10,23H,2,5-9,11-13H2,1H3. The van der Waals surface area contributed by atoms with E-state index in [1.54, 1.807) is 11.0 Å². The van der Waals surface area contributed by atoms with E-state index in [0.29, 0.717) is 62.2 Å². The molecule has 1 fully saturated rings. The minimum absolute atomic E-state index is 0.113. The Balaban J connectivity index is 1.88. The molecule has 3 heterocycles. The van der Waals surface area contributed by atoms with Gasteiger partial charge in [0.15, 0.2) is 0 Å². The molecule has 2 aliphatic heterocycles. The highest BCUT2D eigenvalue weighted by Gasteiger charge is 2.40. The van der Waals surface area contributed by atoms with Crippen LogP contribution in [-0.4, -0.2) is 55.0 Å². The zero-order chi connectivity index (χ0) is 19.7. The Hall–Kier alpha value is -2.25.